The van der Waals surface area contributed by atoms with Crippen LogP contribution < -0.4 is 57.1 Å². The molecule has 7 heteroatoms. The van der Waals surface area contributed by atoms with Crippen molar-refractivity contribution in [1.82, 2.24) is 0 Å². The van der Waals surface area contributed by atoms with Gasteiger partial charge in [-0.15, -0.1) is 0 Å². The van der Waals surface area contributed by atoms with Gasteiger partial charge < -0.3 is 10.3 Å². The van der Waals surface area contributed by atoms with Crippen LogP contribution in [0.25, 0.3) is 0 Å². The van der Waals surface area contributed by atoms with Gasteiger partial charge in [0.25, 0.3) is 0 Å². The molecule has 0 amide bonds. The second-order valence-corrected chi connectivity index (χ2v) is 4.38. The van der Waals surface area contributed by atoms with Crippen molar-refractivity contribution in [3.63, 3.8) is 0 Å². The molecule has 1 aromatic carbocycles. The summed E-state index contributed by atoms with van der Waals surface area (Å²) >= 11 is 5.60. The van der Waals surface area contributed by atoms with Crippen molar-refractivity contribution in [3.8, 4) is 0 Å². The molecule has 0 radical (unpaired) electrons. The summed E-state index contributed by atoms with van der Waals surface area (Å²) in [5.74, 6) is 0. The van der Waals surface area contributed by atoms with E-state index in [2.05, 4.69) is 0 Å². The summed E-state index contributed by atoms with van der Waals surface area (Å²) in [6, 6.07) is 2.25. The van der Waals surface area contributed by atoms with E-state index >= 15 is 0 Å². The maximum atomic E-state index is 10.6. The van der Waals surface area contributed by atoms with Crippen LogP contribution in [0.15, 0.2) is 17.0 Å². The maximum absolute atomic E-state index is 10.6. The Morgan fingerprint density at radius 1 is 1.43 bits per heavy atom. The van der Waals surface area contributed by atoms with E-state index in [0.29, 0.717) is 5.56 Å². The molecule has 0 spiro atoms. The number of aryl methyl sites for hydroxylation is 1. The predicted molar refractivity (Wildman–Crippen MR) is 48.6 cm³/mol. The first-order valence-corrected chi connectivity index (χ1v) is 5.12. The van der Waals surface area contributed by atoms with Gasteiger partial charge in [-0.05, 0) is 24.6 Å². The largest absolute Gasteiger partial charge is 1.00 e. The predicted octanol–water partition coefficient (Wildman–Crippen LogP) is -1.86. The molecule has 0 saturated heterocycles. The molecular weight excluding hydrogens is 253 g/mol. The van der Waals surface area contributed by atoms with Crippen LogP contribution in [0, 0.1) is 6.92 Å². The first-order valence-electron chi connectivity index (χ1n) is 3.34. The Labute approximate surface area is 130 Å². The molecule has 0 bridgehead atoms. The minimum Gasteiger partial charge on any atom is -0.744 e. The fourth-order valence-corrected chi connectivity index (χ4v) is 1.78. The van der Waals surface area contributed by atoms with Crippen LogP contribution in [0.1, 0.15) is 5.56 Å². The standard InChI is InChI=1S/C7H8ClNO3S.K/c1-4-2-5(13(10,11)12)3-6(8)7(4)9;/h2-3H,9H2,1H3,(H,10,11,12);/q;+1/p-1. The molecule has 0 aliphatic carbocycles. The molecule has 0 unspecified atom stereocenters. The molecule has 14 heavy (non-hydrogen) atoms. The molecule has 2 N–H and O–H groups in total. The Balaban J connectivity index is 0.00000169. The van der Waals surface area contributed by atoms with E-state index in [0.717, 1.165) is 6.07 Å². The van der Waals surface area contributed by atoms with E-state index in [-0.39, 0.29) is 67.0 Å². The molecule has 0 atom stereocenters. The van der Waals surface area contributed by atoms with E-state index in [4.69, 9.17) is 17.3 Å². The van der Waals surface area contributed by atoms with Gasteiger partial charge in [-0.1, -0.05) is 11.6 Å². The van der Waals surface area contributed by atoms with Gasteiger partial charge in [0.2, 0.25) is 0 Å². The molecule has 0 heterocycles. The number of anilines is 1. The van der Waals surface area contributed by atoms with Gasteiger partial charge in [-0.2, -0.15) is 0 Å². The molecule has 1 aromatic rings. The molecule has 72 valence electrons. The number of hydrogen-bond donors (Lipinski definition) is 1. The molecule has 4 nitrogen and oxygen atoms in total. The quantitative estimate of drug-likeness (QED) is 0.364. The van der Waals surface area contributed by atoms with Gasteiger partial charge in [0.15, 0.2) is 0 Å². The number of rotatable bonds is 1. The minimum absolute atomic E-state index is 0. The van der Waals surface area contributed by atoms with Crippen LogP contribution >= 0.6 is 11.6 Å². The Bertz CT molecular complexity index is 423. The number of halogens is 1. The third kappa shape index (κ3) is 3.46. The Morgan fingerprint density at radius 3 is 2.29 bits per heavy atom. The van der Waals surface area contributed by atoms with Crippen molar-refractivity contribution in [2.75, 3.05) is 5.73 Å². The van der Waals surface area contributed by atoms with E-state index in [1.807, 2.05) is 0 Å². The van der Waals surface area contributed by atoms with Crippen molar-refractivity contribution in [1.29, 1.82) is 0 Å². The summed E-state index contributed by atoms with van der Waals surface area (Å²) < 4.78 is 31.8. The summed E-state index contributed by atoms with van der Waals surface area (Å²) in [5.41, 5.74) is 6.23. The summed E-state index contributed by atoms with van der Waals surface area (Å²) in [5, 5.41) is 0.0782. The van der Waals surface area contributed by atoms with Gasteiger partial charge in [0, 0.05) is 0 Å². The Kier molecular flexibility index (Phi) is 5.59. The van der Waals surface area contributed by atoms with Crippen molar-refractivity contribution in [2.45, 2.75) is 11.8 Å². The van der Waals surface area contributed by atoms with Crippen LogP contribution in [0.5, 0.6) is 0 Å². The normalized spacial score (nSPS) is 10.8. The van der Waals surface area contributed by atoms with Crippen LogP contribution in [0.4, 0.5) is 5.69 Å². The zero-order valence-electron chi connectivity index (χ0n) is 7.74. The third-order valence-corrected chi connectivity index (χ3v) is 2.72. The fourth-order valence-electron chi connectivity index (χ4n) is 0.868. The van der Waals surface area contributed by atoms with Crippen LogP contribution in [0.2, 0.25) is 5.02 Å². The average molecular weight is 260 g/mol. The van der Waals surface area contributed by atoms with Crippen molar-refractivity contribution < 1.29 is 64.4 Å². The summed E-state index contributed by atoms with van der Waals surface area (Å²) in [6.45, 7) is 1.58. The SMILES string of the molecule is Cc1cc(S(=O)(=O)[O-])cc(Cl)c1N.[K+]. The van der Waals surface area contributed by atoms with Gasteiger partial charge in [-0.25, -0.2) is 8.42 Å². The average Bonchev–Trinajstić information content (AvgIpc) is 1.97. The molecule has 0 saturated carbocycles. The molecule has 0 aliphatic heterocycles. The summed E-state index contributed by atoms with van der Waals surface area (Å²) in [6.07, 6.45) is 0. The third-order valence-electron chi connectivity index (χ3n) is 1.60. The van der Waals surface area contributed by atoms with Gasteiger partial charge >= 0.3 is 51.4 Å². The Hall–Kier alpha value is 0.856. The number of benzene rings is 1. The number of nitrogens with two attached hydrogens (primary N) is 1. The summed E-state index contributed by atoms with van der Waals surface area (Å²) in [7, 11) is -4.45. The fraction of sp³-hybridized carbons (Fsp3) is 0.143. The molecule has 0 fully saturated rings. The van der Waals surface area contributed by atoms with Crippen molar-refractivity contribution in [3.05, 3.63) is 22.7 Å². The van der Waals surface area contributed by atoms with E-state index in [1.54, 1.807) is 6.92 Å². The molecule has 1 rings (SSSR count). The number of nitrogen functional groups attached to an aromatic ring is 1. The van der Waals surface area contributed by atoms with Crippen LogP contribution in [-0.2, 0) is 10.1 Å². The van der Waals surface area contributed by atoms with Crippen molar-refractivity contribution in [2.24, 2.45) is 0 Å². The van der Waals surface area contributed by atoms with Crippen LogP contribution in [0.3, 0.4) is 0 Å². The molecule has 0 aliphatic rings. The first-order chi connectivity index (χ1) is 5.82. The topological polar surface area (TPSA) is 83.2 Å². The maximum Gasteiger partial charge on any atom is 1.00 e. The Morgan fingerprint density at radius 2 is 1.93 bits per heavy atom. The first kappa shape index (κ1) is 14.9. The van der Waals surface area contributed by atoms with Crippen LogP contribution in [-0.4, -0.2) is 13.0 Å². The second kappa shape index (κ2) is 5.27. The van der Waals surface area contributed by atoms with E-state index < -0.39 is 10.1 Å². The minimum atomic E-state index is -4.45. The van der Waals surface area contributed by atoms with Gasteiger partial charge in [-0.3, -0.25) is 0 Å². The van der Waals surface area contributed by atoms with E-state index in [1.165, 1.54) is 6.07 Å². The molecule has 0 aromatic heterocycles. The molecular formula is C7H7ClKNO3S. The zero-order chi connectivity index (χ0) is 10.2. The summed E-state index contributed by atoms with van der Waals surface area (Å²) in [4.78, 5) is -0.357. The second-order valence-electron chi connectivity index (χ2n) is 2.59. The monoisotopic (exact) mass is 259 g/mol. The number of hydrogen-bond acceptors (Lipinski definition) is 4. The van der Waals surface area contributed by atoms with Crippen molar-refractivity contribution >= 4 is 27.4 Å². The smallest absolute Gasteiger partial charge is 0.744 e. The van der Waals surface area contributed by atoms with Gasteiger partial charge in [0.1, 0.15) is 10.1 Å². The van der Waals surface area contributed by atoms with Gasteiger partial charge in [0.05, 0.1) is 15.6 Å². The van der Waals surface area contributed by atoms with E-state index in [9.17, 15) is 13.0 Å². The zero-order valence-corrected chi connectivity index (χ0v) is 12.4.